The van der Waals surface area contributed by atoms with Crippen LogP contribution in [0.1, 0.15) is 5.56 Å². The first kappa shape index (κ1) is 9.65. The van der Waals surface area contributed by atoms with E-state index in [1.54, 1.807) is 30.6 Å². The normalized spacial score (nSPS) is 10.2. The number of hydrogen-bond acceptors (Lipinski definition) is 1. The molecule has 0 spiro atoms. The van der Waals surface area contributed by atoms with E-state index in [4.69, 9.17) is 0 Å². The van der Waals surface area contributed by atoms with Gasteiger partial charge in [-0.2, -0.15) is 5.10 Å². The van der Waals surface area contributed by atoms with Gasteiger partial charge in [0.1, 0.15) is 11.5 Å². The molecule has 0 aliphatic carbocycles. The van der Waals surface area contributed by atoms with Crippen molar-refractivity contribution in [3.05, 3.63) is 60.7 Å². The van der Waals surface area contributed by atoms with E-state index >= 15 is 0 Å². The van der Waals surface area contributed by atoms with E-state index in [0.717, 1.165) is 5.56 Å². The number of hydrogen-bond donors (Lipinski definition) is 0. The third kappa shape index (κ3) is 1.96. The second kappa shape index (κ2) is 4.09. The highest BCUT2D eigenvalue weighted by molar-refractivity contribution is 5.36. The largest absolute Gasteiger partial charge is 0.238 e. The summed E-state index contributed by atoms with van der Waals surface area (Å²) in [6, 6.07) is 6.87. The van der Waals surface area contributed by atoms with Crippen LogP contribution in [0.3, 0.4) is 0 Å². The van der Waals surface area contributed by atoms with Crippen LogP contribution in [-0.4, -0.2) is 9.78 Å². The molecule has 0 bridgehead atoms. The van der Waals surface area contributed by atoms with Crippen molar-refractivity contribution in [1.29, 1.82) is 0 Å². The summed E-state index contributed by atoms with van der Waals surface area (Å²) in [5.41, 5.74) is 1.38. The maximum Gasteiger partial charge on any atom is 0.149 e. The highest BCUT2D eigenvalue weighted by Crippen LogP contribution is 2.14. The van der Waals surface area contributed by atoms with Gasteiger partial charge in [-0.3, -0.25) is 0 Å². The van der Waals surface area contributed by atoms with Gasteiger partial charge in [0.15, 0.2) is 0 Å². The van der Waals surface area contributed by atoms with Gasteiger partial charge in [-0.25, -0.2) is 9.07 Å². The Morgan fingerprint density at radius 1 is 1.47 bits per heavy atom. The van der Waals surface area contributed by atoms with E-state index in [2.05, 4.69) is 11.7 Å². The topological polar surface area (TPSA) is 17.8 Å². The van der Waals surface area contributed by atoms with Gasteiger partial charge in [-0.15, -0.1) is 6.58 Å². The van der Waals surface area contributed by atoms with Crippen LogP contribution in [0, 0.1) is 5.82 Å². The molecule has 0 unspecified atom stereocenters. The van der Waals surface area contributed by atoms with Gasteiger partial charge in [-0.1, -0.05) is 12.1 Å². The smallest absolute Gasteiger partial charge is 0.149 e. The third-order valence-corrected chi connectivity index (χ3v) is 2.14. The maximum atomic E-state index is 13.6. The summed E-state index contributed by atoms with van der Waals surface area (Å²) < 4.78 is 15.1. The Labute approximate surface area is 87.7 Å². The molecule has 0 amide bonds. The Bertz CT molecular complexity index is 460. The standard InChI is InChI=1S/C12H11FN2/c1-2-4-10-5-6-12(11(13)9-10)15-8-3-7-14-15/h2-3,5-9H,1,4H2. The second-order valence-electron chi connectivity index (χ2n) is 3.23. The van der Waals surface area contributed by atoms with E-state index in [0.29, 0.717) is 12.1 Å². The zero-order valence-corrected chi connectivity index (χ0v) is 8.23. The average molecular weight is 202 g/mol. The van der Waals surface area contributed by atoms with Crippen molar-refractivity contribution >= 4 is 0 Å². The molecule has 0 N–H and O–H groups in total. The lowest BCUT2D eigenvalue weighted by atomic mass is 10.1. The lowest BCUT2D eigenvalue weighted by Gasteiger charge is -2.04. The van der Waals surface area contributed by atoms with Crippen molar-refractivity contribution in [3.63, 3.8) is 0 Å². The SMILES string of the molecule is C=CCc1ccc(-n2cccn2)c(F)c1. The summed E-state index contributed by atoms with van der Waals surface area (Å²) in [6.45, 7) is 3.62. The lowest BCUT2D eigenvalue weighted by molar-refractivity contribution is 0.609. The van der Waals surface area contributed by atoms with Crippen LogP contribution in [0.4, 0.5) is 4.39 Å². The van der Waals surface area contributed by atoms with Crippen molar-refractivity contribution in [1.82, 2.24) is 9.78 Å². The minimum Gasteiger partial charge on any atom is -0.238 e. The summed E-state index contributed by atoms with van der Waals surface area (Å²) >= 11 is 0. The van der Waals surface area contributed by atoms with Gasteiger partial charge < -0.3 is 0 Å². The summed E-state index contributed by atoms with van der Waals surface area (Å²) in [6.07, 6.45) is 5.77. The quantitative estimate of drug-likeness (QED) is 0.700. The van der Waals surface area contributed by atoms with E-state index in [1.165, 1.54) is 10.7 Å². The molecule has 0 aliphatic heterocycles. The molecule has 2 aromatic rings. The van der Waals surface area contributed by atoms with Crippen molar-refractivity contribution in [2.75, 3.05) is 0 Å². The van der Waals surface area contributed by atoms with E-state index in [9.17, 15) is 4.39 Å². The summed E-state index contributed by atoms with van der Waals surface area (Å²) in [7, 11) is 0. The lowest BCUT2D eigenvalue weighted by Crippen LogP contribution is -1.98. The van der Waals surface area contributed by atoms with Gasteiger partial charge >= 0.3 is 0 Å². The summed E-state index contributed by atoms with van der Waals surface area (Å²) in [5, 5.41) is 3.98. The fourth-order valence-electron chi connectivity index (χ4n) is 1.44. The number of benzene rings is 1. The number of aromatic nitrogens is 2. The Kier molecular flexibility index (Phi) is 2.63. The molecule has 0 fully saturated rings. The third-order valence-electron chi connectivity index (χ3n) is 2.14. The first-order chi connectivity index (χ1) is 7.31. The molecule has 0 radical (unpaired) electrons. The van der Waals surface area contributed by atoms with Crippen LogP contribution in [0.25, 0.3) is 5.69 Å². The van der Waals surface area contributed by atoms with Crippen molar-refractivity contribution < 1.29 is 4.39 Å². The van der Waals surface area contributed by atoms with Crippen LogP contribution in [0.15, 0.2) is 49.3 Å². The molecule has 1 heterocycles. The second-order valence-corrected chi connectivity index (χ2v) is 3.23. The van der Waals surface area contributed by atoms with Crippen molar-refractivity contribution in [2.24, 2.45) is 0 Å². The Morgan fingerprint density at radius 3 is 2.93 bits per heavy atom. The molecule has 0 saturated heterocycles. The molecule has 1 aromatic carbocycles. The maximum absolute atomic E-state index is 13.6. The zero-order valence-electron chi connectivity index (χ0n) is 8.23. The fraction of sp³-hybridized carbons (Fsp3) is 0.0833. The highest BCUT2D eigenvalue weighted by Gasteiger charge is 2.04. The van der Waals surface area contributed by atoms with Crippen LogP contribution < -0.4 is 0 Å². The van der Waals surface area contributed by atoms with E-state index < -0.39 is 0 Å². The molecule has 0 atom stereocenters. The van der Waals surface area contributed by atoms with Crippen LogP contribution in [0.2, 0.25) is 0 Å². The molecule has 0 aliphatic rings. The average Bonchev–Trinajstić information content (AvgIpc) is 2.71. The van der Waals surface area contributed by atoms with Gasteiger partial charge in [0, 0.05) is 12.4 Å². The summed E-state index contributed by atoms with van der Waals surface area (Å²) in [4.78, 5) is 0. The molecule has 15 heavy (non-hydrogen) atoms. The van der Waals surface area contributed by atoms with Gasteiger partial charge in [0.2, 0.25) is 0 Å². The van der Waals surface area contributed by atoms with Crippen molar-refractivity contribution in [3.8, 4) is 5.69 Å². The minimum absolute atomic E-state index is 0.266. The van der Waals surface area contributed by atoms with Gasteiger partial charge in [-0.05, 0) is 30.2 Å². The van der Waals surface area contributed by atoms with Crippen LogP contribution in [0.5, 0.6) is 0 Å². The molecule has 0 saturated carbocycles. The highest BCUT2D eigenvalue weighted by atomic mass is 19.1. The summed E-state index contributed by atoms with van der Waals surface area (Å²) in [5.74, 6) is -0.266. The Hall–Kier alpha value is -1.90. The van der Waals surface area contributed by atoms with Gasteiger partial charge in [0.05, 0.1) is 0 Å². The van der Waals surface area contributed by atoms with Crippen LogP contribution >= 0.6 is 0 Å². The number of nitrogens with zero attached hydrogens (tertiary/aromatic N) is 2. The van der Waals surface area contributed by atoms with Gasteiger partial charge in [0.25, 0.3) is 0 Å². The number of rotatable bonds is 3. The molecule has 1 aromatic heterocycles. The predicted molar refractivity (Wildman–Crippen MR) is 57.4 cm³/mol. The monoisotopic (exact) mass is 202 g/mol. The molecule has 3 heteroatoms. The minimum atomic E-state index is -0.266. The fourth-order valence-corrected chi connectivity index (χ4v) is 1.44. The molecule has 2 nitrogen and oxygen atoms in total. The zero-order chi connectivity index (χ0) is 10.7. The Morgan fingerprint density at radius 2 is 2.33 bits per heavy atom. The Balaban J connectivity index is 2.39. The molecule has 2 rings (SSSR count). The number of allylic oxidation sites excluding steroid dienone is 1. The van der Waals surface area contributed by atoms with E-state index in [1.807, 2.05) is 6.07 Å². The van der Waals surface area contributed by atoms with E-state index in [-0.39, 0.29) is 5.82 Å². The van der Waals surface area contributed by atoms with Crippen molar-refractivity contribution in [2.45, 2.75) is 6.42 Å². The van der Waals surface area contributed by atoms with Crippen LogP contribution in [-0.2, 0) is 6.42 Å². The number of halogens is 1. The molecule has 76 valence electrons. The molecular formula is C12H11FN2. The molecular weight excluding hydrogens is 191 g/mol. The first-order valence-electron chi connectivity index (χ1n) is 4.70. The first-order valence-corrected chi connectivity index (χ1v) is 4.70. The predicted octanol–water partition coefficient (Wildman–Crippen LogP) is 2.74.